The van der Waals surface area contributed by atoms with E-state index in [1.54, 1.807) is 0 Å². The average Bonchev–Trinajstić information content (AvgIpc) is 2.79. The van der Waals surface area contributed by atoms with Crippen LogP contribution >= 0.6 is 12.2 Å². The first-order valence-electron chi connectivity index (χ1n) is 8.04. The van der Waals surface area contributed by atoms with Gasteiger partial charge in [0.15, 0.2) is 0 Å². The summed E-state index contributed by atoms with van der Waals surface area (Å²) in [5.74, 6) is 0. The lowest BCUT2D eigenvalue weighted by molar-refractivity contribution is -0.0777. The van der Waals surface area contributed by atoms with Gasteiger partial charge in [-0.2, -0.15) is 5.10 Å². The third-order valence-electron chi connectivity index (χ3n) is 4.17. The molecule has 124 valence electrons. The van der Waals surface area contributed by atoms with Crippen LogP contribution in [-0.2, 0) is 11.4 Å². The zero-order valence-corrected chi connectivity index (χ0v) is 15.0. The van der Waals surface area contributed by atoms with Crippen molar-refractivity contribution in [3.63, 3.8) is 0 Å². The molecule has 1 aliphatic heterocycles. The standard InChI is InChI=1S/C17H24N4OS/c1-12-5-6-16(13(2)7-12)20-10-18-21(17(20)23)11-19-8-14(3)22-15(4)9-19/h5-7,10,14-15H,8-9,11H2,1-4H3. The number of rotatable bonds is 3. The van der Waals surface area contributed by atoms with Crippen molar-refractivity contribution in [3.05, 3.63) is 40.4 Å². The number of benzene rings is 1. The first kappa shape index (κ1) is 16.4. The fraction of sp³-hybridized carbons (Fsp3) is 0.529. The molecule has 1 saturated heterocycles. The Kier molecular flexibility index (Phi) is 4.66. The SMILES string of the molecule is Cc1ccc(-n2cnn(CN3CC(C)OC(C)C3)c2=S)c(C)c1. The zero-order valence-electron chi connectivity index (χ0n) is 14.2. The summed E-state index contributed by atoms with van der Waals surface area (Å²) in [4.78, 5) is 2.34. The molecule has 0 N–H and O–H groups in total. The highest BCUT2D eigenvalue weighted by molar-refractivity contribution is 7.71. The fourth-order valence-corrected chi connectivity index (χ4v) is 3.51. The third kappa shape index (κ3) is 3.54. The number of hydrogen-bond acceptors (Lipinski definition) is 4. The summed E-state index contributed by atoms with van der Waals surface area (Å²) < 4.78 is 10.4. The predicted molar refractivity (Wildman–Crippen MR) is 93.4 cm³/mol. The lowest BCUT2D eigenvalue weighted by Gasteiger charge is -2.34. The van der Waals surface area contributed by atoms with Crippen molar-refractivity contribution in [1.29, 1.82) is 0 Å². The first-order chi connectivity index (χ1) is 10.9. The van der Waals surface area contributed by atoms with Crippen molar-refractivity contribution in [3.8, 4) is 5.69 Å². The molecule has 2 heterocycles. The maximum absolute atomic E-state index is 5.78. The molecule has 0 spiro atoms. The average molecular weight is 332 g/mol. The summed E-state index contributed by atoms with van der Waals surface area (Å²) in [7, 11) is 0. The van der Waals surface area contributed by atoms with E-state index in [-0.39, 0.29) is 12.2 Å². The fourth-order valence-electron chi connectivity index (χ4n) is 3.26. The normalized spacial score (nSPS) is 22.4. The molecule has 0 saturated carbocycles. The molecule has 0 bridgehead atoms. The van der Waals surface area contributed by atoms with Gasteiger partial charge in [-0.1, -0.05) is 17.7 Å². The molecule has 1 aromatic carbocycles. The van der Waals surface area contributed by atoms with Crippen LogP contribution in [0, 0.1) is 18.6 Å². The van der Waals surface area contributed by atoms with E-state index in [0.29, 0.717) is 6.67 Å². The molecule has 2 aromatic rings. The van der Waals surface area contributed by atoms with Crippen LogP contribution in [0.15, 0.2) is 24.5 Å². The van der Waals surface area contributed by atoms with Crippen LogP contribution in [-0.4, -0.2) is 44.5 Å². The lowest BCUT2D eigenvalue weighted by atomic mass is 10.1. The lowest BCUT2D eigenvalue weighted by Crippen LogP contribution is -2.46. The maximum Gasteiger partial charge on any atom is 0.203 e. The van der Waals surface area contributed by atoms with Gasteiger partial charge in [-0.15, -0.1) is 0 Å². The second-order valence-electron chi connectivity index (χ2n) is 6.51. The van der Waals surface area contributed by atoms with E-state index >= 15 is 0 Å². The van der Waals surface area contributed by atoms with Gasteiger partial charge in [0, 0.05) is 13.1 Å². The Morgan fingerprint density at radius 3 is 2.57 bits per heavy atom. The van der Waals surface area contributed by atoms with Crippen LogP contribution in [0.2, 0.25) is 0 Å². The molecular weight excluding hydrogens is 308 g/mol. The van der Waals surface area contributed by atoms with Crippen LogP contribution in [0.25, 0.3) is 5.69 Å². The highest BCUT2D eigenvalue weighted by atomic mass is 32.1. The number of aryl methyl sites for hydroxylation is 2. The Morgan fingerprint density at radius 2 is 1.91 bits per heavy atom. The largest absolute Gasteiger partial charge is 0.373 e. The molecule has 1 aromatic heterocycles. The molecule has 5 nitrogen and oxygen atoms in total. The Balaban J connectivity index is 1.83. The van der Waals surface area contributed by atoms with Gasteiger partial charge in [-0.05, 0) is 51.5 Å². The quantitative estimate of drug-likeness (QED) is 0.809. The van der Waals surface area contributed by atoms with Gasteiger partial charge in [0.2, 0.25) is 4.77 Å². The zero-order chi connectivity index (χ0) is 16.6. The van der Waals surface area contributed by atoms with Gasteiger partial charge >= 0.3 is 0 Å². The van der Waals surface area contributed by atoms with Crippen LogP contribution < -0.4 is 0 Å². The molecule has 0 aliphatic carbocycles. The van der Waals surface area contributed by atoms with Crippen molar-refractivity contribution in [2.75, 3.05) is 13.1 Å². The van der Waals surface area contributed by atoms with E-state index in [2.05, 4.69) is 55.9 Å². The van der Waals surface area contributed by atoms with Crippen molar-refractivity contribution in [1.82, 2.24) is 19.2 Å². The highest BCUT2D eigenvalue weighted by Crippen LogP contribution is 2.17. The predicted octanol–water partition coefficient (Wildman–Crippen LogP) is 3.09. The molecular formula is C17H24N4OS. The molecule has 0 amide bonds. The number of hydrogen-bond donors (Lipinski definition) is 0. The van der Waals surface area contributed by atoms with Gasteiger partial charge in [0.1, 0.15) is 6.33 Å². The Hall–Kier alpha value is -1.50. The van der Waals surface area contributed by atoms with Crippen LogP contribution in [0.3, 0.4) is 0 Å². The van der Waals surface area contributed by atoms with E-state index in [1.807, 2.05) is 15.6 Å². The molecule has 6 heteroatoms. The molecule has 23 heavy (non-hydrogen) atoms. The van der Waals surface area contributed by atoms with Gasteiger partial charge in [-0.3, -0.25) is 9.47 Å². The van der Waals surface area contributed by atoms with Gasteiger partial charge < -0.3 is 4.74 Å². The van der Waals surface area contributed by atoms with Crippen molar-refractivity contribution in [2.24, 2.45) is 0 Å². The second-order valence-corrected chi connectivity index (χ2v) is 6.87. The van der Waals surface area contributed by atoms with E-state index in [9.17, 15) is 0 Å². The minimum atomic E-state index is 0.245. The number of morpholine rings is 1. The number of nitrogens with zero attached hydrogens (tertiary/aromatic N) is 4. The third-order valence-corrected chi connectivity index (χ3v) is 4.58. The first-order valence-corrected chi connectivity index (χ1v) is 8.45. The molecule has 2 atom stereocenters. The van der Waals surface area contributed by atoms with E-state index < -0.39 is 0 Å². The topological polar surface area (TPSA) is 35.2 Å². The molecule has 1 fully saturated rings. The van der Waals surface area contributed by atoms with Crippen LogP contribution in [0.4, 0.5) is 0 Å². The minimum absolute atomic E-state index is 0.245. The van der Waals surface area contributed by atoms with Gasteiger partial charge in [-0.25, -0.2) is 4.68 Å². The van der Waals surface area contributed by atoms with Crippen molar-refractivity contribution in [2.45, 2.75) is 46.6 Å². The van der Waals surface area contributed by atoms with Crippen molar-refractivity contribution >= 4 is 12.2 Å². The van der Waals surface area contributed by atoms with Crippen LogP contribution in [0.5, 0.6) is 0 Å². The van der Waals surface area contributed by atoms with Crippen LogP contribution in [0.1, 0.15) is 25.0 Å². The molecule has 3 rings (SSSR count). The summed E-state index contributed by atoms with van der Waals surface area (Å²) in [6, 6.07) is 6.37. The Morgan fingerprint density at radius 1 is 1.22 bits per heavy atom. The number of ether oxygens (including phenoxy) is 1. The monoisotopic (exact) mass is 332 g/mol. The second kappa shape index (κ2) is 6.55. The summed E-state index contributed by atoms with van der Waals surface area (Å²) in [5.41, 5.74) is 3.55. The smallest absolute Gasteiger partial charge is 0.203 e. The summed E-state index contributed by atoms with van der Waals surface area (Å²) in [5, 5.41) is 4.49. The summed E-state index contributed by atoms with van der Waals surface area (Å²) in [6.07, 6.45) is 2.30. The summed E-state index contributed by atoms with van der Waals surface area (Å²) in [6.45, 7) is 10.9. The highest BCUT2D eigenvalue weighted by Gasteiger charge is 2.22. The molecule has 1 aliphatic rings. The Bertz CT molecular complexity index is 741. The molecule has 0 radical (unpaired) electrons. The minimum Gasteiger partial charge on any atom is -0.373 e. The number of aromatic nitrogens is 3. The Labute approximate surface area is 142 Å². The summed E-state index contributed by atoms with van der Waals surface area (Å²) >= 11 is 5.63. The van der Waals surface area contributed by atoms with Gasteiger partial charge in [0.05, 0.1) is 24.6 Å². The van der Waals surface area contributed by atoms with E-state index in [4.69, 9.17) is 17.0 Å². The van der Waals surface area contributed by atoms with E-state index in [1.165, 1.54) is 11.1 Å². The van der Waals surface area contributed by atoms with E-state index in [0.717, 1.165) is 23.5 Å². The van der Waals surface area contributed by atoms with Crippen molar-refractivity contribution < 1.29 is 4.74 Å². The van der Waals surface area contributed by atoms with Gasteiger partial charge in [0.25, 0.3) is 0 Å². The maximum atomic E-state index is 5.78. The molecule has 2 unspecified atom stereocenters.